The Kier molecular flexibility index (Phi) is 5.71. The summed E-state index contributed by atoms with van der Waals surface area (Å²) in [7, 11) is 0. The zero-order valence-electron chi connectivity index (χ0n) is 12.7. The molecule has 0 radical (unpaired) electrons. The van der Waals surface area contributed by atoms with Gasteiger partial charge in [0.1, 0.15) is 11.9 Å². The molecule has 0 heterocycles. The van der Waals surface area contributed by atoms with Gasteiger partial charge in [0.05, 0.1) is 6.10 Å². The van der Waals surface area contributed by atoms with Gasteiger partial charge in [-0.2, -0.15) is 0 Å². The van der Waals surface area contributed by atoms with Crippen LogP contribution in [0.5, 0.6) is 5.75 Å². The summed E-state index contributed by atoms with van der Waals surface area (Å²) >= 11 is 1.80. The molecule has 0 aliphatic heterocycles. The fraction of sp³-hybridized carbons (Fsp3) is 0.333. The maximum Gasteiger partial charge on any atom is 0.120 e. The van der Waals surface area contributed by atoms with Gasteiger partial charge in [0.25, 0.3) is 0 Å². The minimum Gasteiger partial charge on any atom is -0.491 e. The highest BCUT2D eigenvalue weighted by Crippen LogP contribution is 2.27. The number of hydrogen-bond donors (Lipinski definition) is 1. The predicted octanol–water partition coefficient (Wildman–Crippen LogP) is 4.67. The molecular weight excluding hydrogens is 280 g/mol. The molecule has 1 atom stereocenters. The third-order valence-corrected chi connectivity index (χ3v) is 3.95. The summed E-state index contributed by atoms with van der Waals surface area (Å²) in [5, 5.41) is 10.5. The molecule has 0 saturated carbocycles. The number of ether oxygens (including phenoxy) is 1. The van der Waals surface area contributed by atoms with Crippen molar-refractivity contribution in [1.82, 2.24) is 0 Å². The zero-order valence-corrected chi connectivity index (χ0v) is 13.6. The summed E-state index contributed by atoms with van der Waals surface area (Å²) < 4.78 is 5.68. The first-order valence-corrected chi connectivity index (χ1v) is 8.26. The van der Waals surface area contributed by atoms with E-state index in [4.69, 9.17) is 4.74 Å². The Labute approximate surface area is 131 Å². The largest absolute Gasteiger partial charge is 0.491 e. The van der Waals surface area contributed by atoms with E-state index in [0.717, 1.165) is 22.6 Å². The van der Waals surface area contributed by atoms with E-state index in [0.29, 0.717) is 0 Å². The summed E-state index contributed by atoms with van der Waals surface area (Å²) in [5.74, 6) is 1.84. The summed E-state index contributed by atoms with van der Waals surface area (Å²) in [6.45, 7) is 6.12. The number of hydrogen-bond acceptors (Lipinski definition) is 3. The van der Waals surface area contributed by atoms with Crippen LogP contribution in [0.4, 0.5) is 0 Å². The first-order valence-electron chi connectivity index (χ1n) is 7.27. The Balaban J connectivity index is 2.16. The normalized spacial score (nSPS) is 12.4. The van der Waals surface area contributed by atoms with Gasteiger partial charge in [0.15, 0.2) is 0 Å². The molecule has 2 aromatic rings. The van der Waals surface area contributed by atoms with E-state index in [1.807, 2.05) is 50.2 Å². The number of aliphatic hydroxyl groups excluding tert-OH is 1. The summed E-state index contributed by atoms with van der Waals surface area (Å²) in [4.78, 5) is 1.23. The Morgan fingerprint density at radius 3 is 2.38 bits per heavy atom. The smallest absolute Gasteiger partial charge is 0.120 e. The van der Waals surface area contributed by atoms with Crippen LogP contribution < -0.4 is 4.74 Å². The van der Waals surface area contributed by atoms with E-state index in [2.05, 4.69) is 19.1 Å². The Bertz CT molecular complexity index is 564. The van der Waals surface area contributed by atoms with Crippen LogP contribution in [0.2, 0.25) is 0 Å². The van der Waals surface area contributed by atoms with Crippen molar-refractivity contribution < 1.29 is 9.84 Å². The Hall–Kier alpha value is -1.45. The molecule has 0 saturated heterocycles. The van der Waals surface area contributed by atoms with Crippen molar-refractivity contribution in [3.63, 3.8) is 0 Å². The number of thioether (sulfide) groups is 1. The maximum absolute atomic E-state index is 10.5. The predicted molar refractivity (Wildman–Crippen MR) is 89.1 cm³/mol. The van der Waals surface area contributed by atoms with Gasteiger partial charge in [0.2, 0.25) is 0 Å². The van der Waals surface area contributed by atoms with Gasteiger partial charge in [-0.3, -0.25) is 0 Å². The first kappa shape index (κ1) is 15.9. The highest BCUT2D eigenvalue weighted by molar-refractivity contribution is 7.99. The quantitative estimate of drug-likeness (QED) is 0.786. The van der Waals surface area contributed by atoms with E-state index in [-0.39, 0.29) is 6.10 Å². The standard InChI is InChI=1S/C18H22O2S/c1-4-21-17-10-8-14(9-11-17)18(19)15-6-5-7-16(12-15)20-13(2)3/h5-13,18-19H,4H2,1-3H3. The van der Waals surface area contributed by atoms with Crippen molar-refractivity contribution in [2.75, 3.05) is 5.75 Å². The molecule has 2 rings (SSSR count). The molecule has 0 aliphatic carbocycles. The van der Waals surface area contributed by atoms with E-state index in [9.17, 15) is 5.11 Å². The molecule has 1 N–H and O–H groups in total. The molecule has 0 amide bonds. The molecule has 21 heavy (non-hydrogen) atoms. The van der Waals surface area contributed by atoms with Crippen LogP contribution in [-0.4, -0.2) is 17.0 Å². The average molecular weight is 302 g/mol. The second-order valence-electron chi connectivity index (χ2n) is 5.14. The molecule has 2 aromatic carbocycles. The molecule has 0 spiro atoms. The molecule has 3 heteroatoms. The minimum atomic E-state index is -0.624. The van der Waals surface area contributed by atoms with Gasteiger partial charge in [-0.15, -0.1) is 11.8 Å². The van der Waals surface area contributed by atoms with Crippen molar-refractivity contribution in [3.8, 4) is 5.75 Å². The van der Waals surface area contributed by atoms with Gasteiger partial charge >= 0.3 is 0 Å². The van der Waals surface area contributed by atoms with Crippen molar-refractivity contribution in [2.24, 2.45) is 0 Å². The lowest BCUT2D eigenvalue weighted by molar-refractivity contribution is 0.216. The van der Waals surface area contributed by atoms with Gasteiger partial charge in [-0.1, -0.05) is 31.2 Å². The lowest BCUT2D eigenvalue weighted by Gasteiger charge is -2.15. The van der Waals surface area contributed by atoms with E-state index < -0.39 is 6.10 Å². The lowest BCUT2D eigenvalue weighted by atomic mass is 10.0. The zero-order chi connectivity index (χ0) is 15.2. The summed E-state index contributed by atoms with van der Waals surface area (Å²) in [6.07, 6.45) is -0.496. The van der Waals surface area contributed by atoms with Crippen molar-refractivity contribution in [1.29, 1.82) is 0 Å². The number of aliphatic hydroxyl groups is 1. The molecule has 0 fully saturated rings. The molecule has 2 nitrogen and oxygen atoms in total. The maximum atomic E-state index is 10.5. The van der Waals surface area contributed by atoms with Crippen molar-refractivity contribution in [2.45, 2.75) is 37.9 Å². The fourth-order valence-electron chi connectivity index (χ4n) is 2.14. The highest BCUT2D eigenvalue weighted by Gasteiger charge is 2.11. The Morgan fingerprint density at radius 1 is 1.05 bits per heavy atom. The van der Waals surface area contributed by atoms with Crippen LogP contribution in [0.3, 0.4) is 0 Å². The van der Waals surface area contributed by atoms with Crippen LogP contribution in [0.25, 0.3) is 0 Å². The second-order valence-corrected chi connectivity index (χ2v) is 6.48. The summed E-state index contributed by atoms with van der Waals surface area (Å²) in [6, 6.07) is 15.7. The topological polar surface area (TPSA) is 29.5 Å². The van der Waals surface area contributed by atoms with Crippen molar-refractivity contribution in [3.05, 3.63) is 59.7 Å². The minimum absolute atomic E-state index is 0.128. The van der Waals surface area contributed by atoms with Gasteiger partial charge in [0, 0.05) is 4.90 Å². The fourth-order valence-corrected chi connectivity index (χ4v) is 2.80. The van der Waals surface area contributed by atoms with Gasteiger partial charge < -0.3 is 9.84 Å². The van der Waals surface area contributed by atoms with Gasteiger partial charge in [-0.05, 0) is 55.0 Å². The summed E-state index contributed by atoms with van der Waals surface area (Å²) in [5.41, 5.74) is 1.75. The highest BCUT2D eigenvalue weighted by atomic mass is 32.2. The van der Waals surface area contributed by atoms with Crippen LogP contribution >= 0.6 is 11.8 Å². The van der Waals surface area contributed by atoms with Crippen molar-refractivity contribution >= 4 is 11.8 Å². The molecule has 0 aromatic heterocycles. The van der Waals surface area contributed by atoms with Gasteiger partial charge in [-0.25, -0.2) is 0 Å². The third-order valence-electron chi connectivity index (χ3n) is 3.05. The van der Waals surface area contributed by atoms with E-state index in [1.54, 1.807) is 11.8 Å². The number of rotatable bonds is 6. The van der Waals surface area contributed by atoms with Crippen LogP contribution in [0, 0.1) is 0 Å². The van der Waals surface area contributed by atoms with Crippen LogP contribution in [0.15, 0.2) is 53.4 Å². The second kappa shape index (κ2) is 7.53. The molecule has 112 valence electrons. The Morgan fingerprint density at radius 2 is 1.76 bits per heavy atom. The van der Waals surface area contributed by atoms with E-state index >= 15 is 0 Å². The SMILES string of the molecule is CCSc1ccc(C(O)c2cccc(OC(C)C)c2)cc1. The van der Waals surface area contributed by atoms with Crippen LogP contribution in [-0.2, 0) is 0 Å². The van der Waals surface area contributed by atoms with E-state index in [1.165, 1.54) is 4.90 Å². The monoisotopic (exact) mass is 302 g/mol. The van der Waals surface area contributed by atoms with Crippen LogP contribution in [0.1, 0.15) is 38.0 Å². The molecular formula is C18H22O2S. The average Bonchev–Trinajstić information content (AvgIpc) is 2.47. The lowest BCUT2D eigenvalue weighted by Crippen LogP contribution is -2.06. The molecule has 0 bridgehead atoms. The number of benzene rings is 2. The first-order chi connectivity index (χ1) is 10.1. The third kappa shape index (κ3) is 4.51. The molecule has 1 unspecified atom stereocenters. The molecule has 0 aliphatic rings.